The van der Waals surface area contributed by atoms with Crippen LogP contribution in [0.3, 0.4) is 0 Å². The number of rotatable bonds is 5. The molecule has 152 valence electrons. The zero-order valence-corrected chi connectivity index (χ0v) is 16.3. The molecule has 1 unspecified atom stereocenters. The molecule has 0 aromatic heterocycles. The third kappa shape index (κ3) is 4.12. The number of aliphatic carboxylic acids is 1. The Hall–Kier alpha value is -2.86. The lowest BCUT2D eigenvalue weighted by Crippen LogP contribution is -2.40. The number of hydrogen-bond acceptors (Lipinski definition) is 4. The molecule has 2 aromatic carbocycles. The van der Waals surface area contributed by atoms with Gasteiger partial charge in [-0.25, -0.2) is 0 Å². The van der Waals surface area contributed by atoms with Gasteiger partial charge in [0.2, 0.25) is 0 Å². The van der Waals surface area contributed by atoms with E-state index in [2.05, 4.69) is 0 Å². The van der Waals surface area contributed by atoms with Gasteiger partial charge in [0.1, 0.15) is 12.4 Å². The summed E-state index contributed by atoms with van der Waals surface area (Å²) in [6.45, 7) is 2.27. The van der Waals surface area contributed by atoms with E-state index in [0.717, 1.165) is 11.3 Å². The van der Waals surface area contributed by atoms with Gasteiger partial charge in [-0.1, -0.05) is 30.3 Å². The van der Waals surface area contributed by atoms with Crippen LogP contribution < -0.4 is 4.74 Å². The van der Waals surface area contributed by atoms with Crippen LogP contribution in [0.15, 0.2) is 54.6 Å². The van der Waals surface area contributed by atoms with E-state index in [1.54, 1.807) is 17.0 Å². The summed E-state index contributed by atoms with van der Waals surface area (Å²) in [6.07, 6.45) is 1.37. The largest absolute Gasteiger partial charge is 0.489 e. The van der Waals surface area contributed by atoms with Gasteiger partial charge in [-0.3, -0.25) is 9.59 Å². The maximum Gasteiger partial charge on any atom is 0.308 e. The zero-order valence-electron chi connectivity index (χ0n) is 16.3. The molecule has 0 saturated carbocycles. The first-order valence-electron chi connectivity index (χ1n) is 9.94. The molecule has 6 nitrogen and oxygen atoms in total. The monoisotopic (exact) mass is 395 g/mol. The highest BCUT2D eigenvalue weighted by Gasteiger charge is 2.52. The maximum absolute atomic E-state index is 13.0. The predicted molar refractivity (Wildman–Crippen MR) is 107 cm³/mol. The van der Waals surface area contributed by atoms with E-state index >= 15 is 0 Å². The van der Waals surface area contributed by atoms with E-state index in [4.69, 9.17) is 9.47 Å². The molecule has 6 heteroatoms. The van der Waals surface area contributed by atoms with Gasteiger partial charge in [0.25, 0.3) is 5.91 Å². The number of amides is 1. The number of carboxylic acid groups (broad SMARTS) is 1. The Morgan fingerprint density at radius 1 is 1.07 bits per heavy atom. The second-order valence-electron chi connectivity index (χ2n) is 7.85. The van der Waals surface area contributed by atoms with Gasteiger partial charge in [0, 0.05) is 37.3 Å². The first kappa shape index (κ1) is 19.5. The van der Waals surface area contributed by atoms with Crippen LogP contribution >= 0.6 is 0 Å². The average Bonchev–Trinajstić information content (AvgIpc) is 3.12. The van der Waals surface area contributed by atoms with Gasteiger partial charge in [0.05, 0.1) is 5.92 Å². The molecule has 2 saturated heterocycles. The molecule has 0 radical (unpaired) electrons. The van der Waals surface area contributed by atoms with Gasteiger partial charge >= 0.3 is 5.97 Å². The van der Waals surface area contributed by atoms with Gasteiger partial charge in [-0.05, 0) is 42.7 Å². The SMILES string of the molecule is O=C(O)C1CN(C(=O)c2ccc(COc3ccccc3)cc2)CC12CCOCC2. The van der Waals surface area contributed by atoms with Crippen LogP contribution in [-0.2, 0) is 16.1 Å². The van der Waals surface area contributed by atoms with Crippen molar-refractivity contribution in [1.29, 1.82) is 0 Å². The number of carbonyl (C=O) groups is 2. The van der Waals surface area contributed by atoms with Crippen molar-refractivity contribution in [3.8, 4) is 5.75 Å². The van der Waals surface area contributed by atoms with Crippen molar-refractivity contribution in [2.45, 2.75) is 19.4 Å². The molecule has 1 spiro atoms. The summed E-state index contributed by atoms with van der Waals surface area (Å²) in [5, 5.41) is 9.70. The number of carboxylic acids is 1. The minimum Gasteiger partial charge on any atom is -0.489 e. The summed E-state index contributed by atoms with van der Waals surface area (Å²) < 4.78 is 11.2. The van der Waals surface area contributed by atoms with Crippen LogP contribution in [0.1, 0.15) is 28.8 Å². The molecule has 1 N–H and O–H groups in total. The zero-order chi connectivity index (χ0) is 20.3. The molecular weight excluding hydrogens is 370 g/mol. The molecule has 4 rings (SSSR count). The lowest BCUT2D eigenvalue weighted by atomic mass is 9.72. The first-order valence-corrected chi connectivity index (χ1v) is 9.94. The normalized spacial score (nSPS) is 20.6. The standard InChI is InChI=1S/C23H25NO5/c25-21(24-14-20(22(26)27)23(16-24)10-12-28-13-11-23)18-8-6-17(7-9-18)15-29-19-4-2-1-3-5-19/h1-9,20H,10-16H2,(H,26,27). The minimum atomic E-state index is -0.824. The molecular formula is C23H25NO5. The first-order chi connectivity index (χ1) is 14.1. The lowest BCUT2D eigenvalue weighted by molar-refractivity contribution is -0.146. The van der Waals surface area contributed by atoms with Crippen molar-refractivity contribution in [1.82, 2.24) is 4.90 Å². The summed E-state index contributed by atoms with van der Waals surface area (Å²) in [4.78, 5) is 26.5. The van der Waals surface area contributed by atoms with Crippen LogP contribution in [0.4, 0.5) is 0 Å². The Morgan fingerprint density at radius 3 is 2.41 bits per heavy atom. The van der Waals surface area contributed by atoms with Gasteiger partial charge < -0.3 is 19.5 Å². The minimum absolute atomic E-state index is 0.116. The van der Waals surface area contributed by atoms with E-state index < -0.39 is 11.9 Å². The molecule has 1 amide bonds. The molecule has 1 atom stereocenters. The van der Waals surface area contributed by atoms with Gasteiger partial charge in [0.15, 0.2) is 0 Å². The third-order valence-corrected chi connectivity index (χ3v) is 6.07. The number of benzene rings is 2. The molecule has 2 heterocycles. The average molecular weight is 395 g/mol. The van der Waals surface area contributed by atoms with Crippen LogP contribution in [0.2, 0.25) is 0 Å². The number of ether oxygens (including phenoxy) is 2. The lowest BCUT2D eigenvalue weighted by Gasteiger charge is -2.36. The summed E-state index contributed by atoms with van der Waals surface area (Å²) in [6, 6.07) is 16.9. The molecule has 2 fully saturated rings. The van der Waals surface area contributed by atoms with Crippen LogP contribution in [0, 0.1) is 11.3 Å². The van der Waals surface area contributed by atoms with Gasteiger partial charge in [-0.15, -0.1) is 0 Å². The Labute approximate surface area is 170 Å². The Bertz CT molecular complexity index is 859. The Morgan fingerprint density at radius 2 is 1.76 bits per heavy atom. The van der Waals surface area contributed by atoms with Crippen molar-refractivity contribution >= 4 is 11.9 Å². The second-order valence-corrected chi connectivity index (χ2v) is 7.85. The number of carbonyl (C=O) groups excluding carboxylic acids is 1. The molecule has 0 aliphatic carbocycles. The predicted octanol–water partition coefficient (Wildman–Crippen LogP) is 3.22. The van der Waals surface area contributed by atoms with Crippen LogP contribution in [0.5, 0.6) is 5.75 Å². The fraction of sp³-hybridized carbons (Fsp3) is 0.391. The van der Waals surface area contributed by atoms with Gasteiger partial charge in [-0.2, -0.15) is 0 Å². The summed E-state index contributed by atoms with van der Waals surface area (Å²) in [7, 11) is 0. The van der Waals surface area contributed by atoms with Crippen molar-refractivity contribution in [3.63, 3.8) is 0 Å². The molecule has 2 aliphatic heterocycles. The van der Waals surface area contributed by atoms with E-state index in [-0.39, 0.29) is 17.9 Å². The third-order valence-electron chi connectivity index (χ3n) is 6.07. The van der Waals surface area contributed by atoms with Crippen LogP contribution in [-0.4, -0.2) is 48.2 Å². The maximum atomic E-state index is 13.0. The van der Waals surface area contributed by atoms with E-state index in [1.807, 2.05) is 42.5 Å². The highest BCUT2D eigenvalue weighted by atomic mass is 16.5. The summed E-state index contributed by atoms with van der Waals surface area (Å²) >= 11 is 0. The fourth-order valence-electron chi connectivity index (χ4n) is 4.36. The van der Waals surface area contributed by atoms with Crippen molar-refractivity contribution in [2.75, 3.05) is 26.3 Å². The van der Waals surface area contributed by atoms with E-state index in [9.17, 15) is 14.7 Å². The summed E-state index contributed by atoms with van der Waals surface area (Å²) in [5.41, 5.74) is 1.17. The van der Waals surface area contributed by atoms with Crippen molar-refractivity contribution in [2.24, 2.45) is 11.3 Å². The number of para-hydroxylation sites is 1. The quantitative estimate of drug-likeness (QED) is 0.841. The second kappa shape index (κ2) is 8.25. The Balaban J connectivity index is 1.42. The molecule has 0 bridgehead atoms. The summed E-state index contributed by atoms with van der Waals surface area (Å²) in [5.74, 6) is -0.675. The highest BCUT2D eigenvalue weighted by Crippen LogP contribution is 2.44. The smallest absolute Gasteiger partial charge is 0.308 e. The molecule has 2 aromatic rings. The Kier molecular flexibility index (Phi) is 5.53. The topological polar surface area (TPSA) is 76.1 Å². The van der Waals surface area contributed by atoms with E-state index in [0.29, 0.717) is 44.8 Å². The van der Waals surface area contributed by atoms with E-state index in [1.165, 1.54) is 0 Å². The highest BCUT2D eigenvalue weighted by molar-refractivity contribution is 5.95. The van der Waals surface area contributed by atoms with Crippen LogP contribution in [0.25, 0.3) is 0 Å². The number of hydrogen-bond donors (Lipinski definition) is 1. The number of likely N-dealkylation sites (tertiary alicyclic amines) is 1. The fourth-order valence-corrected chi connectivity index (χ4v) is 4.36. The molecule has 2 aliphatic rings. The van der Waals surface area contributed by atoms with Crippen molar-refractivity contribution < 1.29 is 24.2 Å². The number of nitrogens with zero attached hydrogens (tertiary/aromatic N) is 1. The van der Waals surface area contributed by atoms with Crippen molar-refractivity contribution in [3.05, 3.63) is 65.7 Å². The molecule has 29 heavy (non-hydrogen) atoms.